The Bertz CT molecular complexity index is 209. The number of hydrogen-bond acceptors (Lipinski definition) is 3. The van der Waals surface area contributed by atoms with Crippen molar-refractivity contribution < 1.29 is 13.7 Å². The van der Waals surface area contributed by atoms with Crippen molar-refractivity contribution in [2.75, 3.05) is 13.2 Å². The summed E-state index contributed by atoms with van der Waals surface area (Å²) >= 11 is 0. The number of Topliss-reactive ketones (excluding diaryl/α,β-unsaturated/α-hetero) is 1. The molecule has 0 aromatic rings. The summed E-state index contributed by atoms with van der Waals surface area (Å²) in [5.41, 5.74) is 0. The van der Waals surface area contributed by atoms with Gasteiger partial charge < -0.3 is 4.74 Å². The standard InChI is InChI=1S/C9H16O3S/c1-7(10)8(2)13(11)9-3-5-12-6-4-9/h8-9H,3-6H2,1-2H3. The van der Waals surface area contributed by atoms with Gasteiger partial charge in [0.15, 0.2) is 0 Å². The van der Waals surface area contributed by atoms with Crippen LogP contribution in [-0.4, -0.2) is 33.7 Å². The molecule has 0 saturated carbocycles. The summed E-state index contributed by atoms with van der Waals surface area (Å²) in [7, 11) is -1.01. The maximum absolute atomic E-state index is 11.8. The molecule has 1 fully saturated rings. The molecule has 0 aliphatic carbocycles. The minimum absolute atomic E-state index is 0.0184. The Labute approximate surface area is 81.3 Å². The fourth-order valence-corrected chi connectivity index (χ4v) is 2.92. The van der Waals surface area contributed by atoms with Gasteiger partial charge >= 0.3 is 0 Å². The van der Waals surface area contributed by atoms with Gasteiger partial charge in [-0.05, 0) is 26.7 Å². The molecule has 4 heteroatoms. The van der Waals surface area contributed by atoms with Crippen LogP contribution in [0, 0.1) is 0 Å². The zero-order valence-electron chi connectivity index (χ0n) is 8.12. The second-order valence-corrected chi connectivity index (χ2v) is 5.42. The average molecular weight is 204 g/mol. The number of carbonyl (C=O) groups excluding carboxylic acids is 1. The van der Waals surface area contributed by atoms with E-state index in [2.05, 4.69) is 0 Å². The number of hydrogen-bond donors (Lipinski definition) is 0. The lowest BCUT2D eigenvalue weighted by atomic mass is 10.2. The second kappa shape index (κ2) is 4.86. The van der Waals surface area contributed by atoms with Crippen LogP contribution in [0.4, 0.5) is 0 Å². The minimum atomic E-state index is -1.01. The van der Waals surface area contributed by atoms with Gasteiger partial charge in [-0.1, -0.05) is 0 Å². The summed E-state index contributed by atoms with van der Waals surface area (Å²) in [5, 5.41) is -0.157. The molecule has 1 aliphatic rings. The summed E-state index contributed by atoms with van der Waals surface area (Å²) in [6.45, 7) is 4.61. The lowest BCUT2D eigenvalue weighted by Crippen LogP contribution is -2.33. The largest absolute Gasteiger partial charge is 0.381 e. The third kappa shape index (κ3) is 2.88. The molecule has 0 N–H and O–H groups in total. The van der Waals surface area contributed by atoms with Crippen molar-refractivity contribution >= 4 is 16.6 Å². The lowest BCUT2D eigenvalue weighted by Gasteiger charge is -2.23. The van der Waals surface area contributed by atoms with Gasteiger partial charge in [-0.2, -0.15) is 0 Å². The average Bonchev–Trinajstić information content (AvgIpc) is 2.17. The number of ether oxygens (including phenoxy) is 1. The number of ketones is 1. The highest BCUT2D eigenvalue weighted by atomic mass is 32.2. The predicted molar refractivity (Wildman–Crippen MR) is 52.1 cm³/mol. The molecule has 0 aromatic heterocycles. The van der Waals surface area contributed by atoms with Crippen LogP contribution in [0.3, 0.4) is 0 Å². The normalized spacial score (nSPS) is 23.8. The molecule has 1 rings (SSSR count). The Morgan fingerprint density at radius 1 is 1.46 bits per heavy atom. The van der Waals surface area contributed by atoms with Gasteiger partial charge in [0.05, 0.1) is 5.25 Å². The first-order valence-electron chi connectivity index (χ1n) is 4.60. The van der Waals surface area contributed by atoms with Crippen LogP contribution in [0.25, 0.3) is 0 Å². The van der Waals surface area contributed by atoms with E-state index < -0.39 is 10.8 Å². The molecule has 0 radical (unpaired) electrons. The quantitative estimate of drug-likeness (QED) is 0.685. The zero-order chi connectivity index (χ0) is 9.84. The maximum atomic E-state index is 11.8. The molecule has 0 aromatic carbocycles. The van der Waals surface area contributed by atoms with Crippen molar-refractivity contribution in [2.24, 2.45) is 0 Å². The van der Waals surface area contributed by atoms with Crippen molar-refractivity contribution in [2.45, 2.75) is 37.2 Å². The summed E-state index contributed by atoms with van der Waals surface area (Å²) in [6, 6.07) is 0. The third-order valence-corrected chi connectivity index (χ3v) is 4.58. The van der Waals surface area contributed by atoms with E-state index in [1.165, 1.54) is 6.92 Å². The molecule has 1 heterocycles. The monoisotopic (exact) mass is 204 g/mol. The molecule has 0 bridgehead atoms. The van der Waals surface area contributed by atoms with Gasteiger partial charge in [0.2, 0.25) is 0 Å². The Hall–Kier alpha value is -0.220. The highest BCUT2D eigenvalue weighted by molar-refractivity contribution is 7.87. The van der Waals surface area contributed by atoms with Crippen LogP contribution in [-0.2, 0) is 20.3 Å². The second-order valence-electron chi connectivity index (χ2n) is 3.39. The zero-order valence-corrected chi connectivity index (χ0v) is 8.93. The molecule has 1 aliphatic heterocycles. The van der Waals surface area contributed by atoms with E-state index >= 15 is 0 Å². The van der Waals surface area contributed by atoms with E-state index in [0.717, 1.165) is 12.8 Å². The van der Waals surface area contributed by atoms with Crippen molar-refractivity contribution in [3.8, 4) is 0 Å². The minimum Gasteiger partial charge on any atom is -0.381 e. The lowest BCUT2D eigenvalue weighted by molar-refractivity contribution is -0.116. The fraction of sp³-hybridized carbons (Fsp3) is 0.889. The molecule has 2 atom stereocenters. The van der Waals surface area contributed by atoms with E-state index in [9.17, 15) is 9.00 Å². The van der Waals surface area contributed by atoms with Crippen molar-refractivity contribution in [3.05, 3.63) is 0 Å². The highest BCUT2D eigenvalue weighted by Gasteiger charge is 2.26. The van der Waals surface area contributed by atoms with Gasteiger partial charge in [0.1, 0.15) is 5.78 Å². The van der Waals surface area contributed by atoms with Crippen LogP contribution < -0.4 is 0 Å². The molecule has 2 unspecified atom stereocenters. The van der Waals surface area contributed by atoms with Crippen molar-refractivity contribution in [1.82, 2.24) is 0 Å². The van der Waals surface area contributed by atoms with Crippen LogP contribution in [0.5, 0.6) is 0 Å². The van der Waals surface area contributed by atoms with E-state index in [4.69, 9.17) is 4.74 Å². The molecule has 0 spiro atoms. The molecular formula is C9H16O3S. The highest BCUT2D eigenvalue weighted by Crippen LogP contribution is 2.16. The van der Waals surface area contributed by atoms with E-state index in [1.54, 1.807) is 6.92 Å². The Balaban J connectivity index is 2.50. The molecular weight excluding hydrogens is 188 g/mol. The van der Waals surface area contributed by atoms with E-state index in [0.29, 0.717) is 13.2 Å². The predicted octanol–water partition coefficient (Wildman–Crippen LogP) is 0.892. The van der Waals surface area contributed by atoms with Gasteiger partial charge in [-0.15, -0.1) is 0 Å². The topological polar surface area (TPSA) is 43.4 Å². The number of carbonyl (C=O) groups is 1. The van der Waals surface area contributed by atoms with Crippen LogP contribution in [0.15, 0.2) is 0 Å². The fourth-order valence-electron chi connectivity index (χ4n) is 1.36. The summed E-state index contributed by atoms with van der Waals surface area (Å²) < 4.78 is 16.9. The Morgan fingerprint density at radius 2 is 2.00 bits per heavy atom. The van der Waals surface area contributed by atoms with E-state index in [1.807, 2.05) is 0 Å². The smallest absolute Gasteiger partial charge is 0.145 e. The molecule has 1 saturated heterocycles. The first kappa shape index (κ1) is 10.9. The molecule has 3 nitrogen and oxygen atoms in total. The third-order valence-electron chi connectivity index (χ3n) is 2.42. The van der Waals surface area contributed by atoms with Gasteiger partial charge in [0, 0.05) is 29.3 Å². The first-order chi connectivity index (χ1) is 6.13. The number of rotatable bonds is 3. The Kier molecular flexibility index (Phi) is 4.06. The van der Waals surface area contributed by atoms with Gasteiger partial charge in [-0.3, -0.25) is 9.00 Å². The van der Waals surface area contributed by atoms with E-state index in [-0.39, 0.29) is 16.3 Å². The van der Waals surface area contributed by atoms with Crippen LogP contribution in [0.1, 0.15) is 26.7 Å². The van der Waals surface area contributed by atoms with Crippen LogP contribution in [0.2, 0.25) is 0 Å². The summed E-state index contributed by atoms with van der Waals surface area (Å²) in [5.74, 6) is 0.0184. The van der Waals surface area contributed by atoms with Gasteiger partial charge in [-0.25, -0.2) is 0 Å². The van der Waals surface area contributed by atoms with Gasteiger partial charge in [0.25, 0.3) is 0 Å². The Morgan fingerprint density at radius 3 is 2.46 bits per heavy atom. The van der Waals surface area contributed by atoms with Crippen LogP contribution >= 0.6 is 0 Å². The molecule has 13 heavy (non-hydrogen) atoms. The molecule has 76 valence electrons. The maximum Gasteiger partial charge on any atom is 0.145 e. The van der Waals surface area contributed by atoms with Crippen molar-refractivity contribution in [3.63, 3.8) is 0 Å². The summed E-state index contributed by atoms with van der Waals surface area (Å²) in [4.78, 5) is 11.0. The van der Waals surface area contributed by atoms with Crippen molar-refractivity contribution in [1.29, 1.82) is 0 Å². The molecule has 0 amide bonds. The SMILES string of the molecule is CC(=O)C(C)S(=O)C1CCOCC1. The summed E-state index contributed by atoms with van der Waals surface area (Å²) in [6.07, 6.45) is 1.65. The first-order valence-corrected chi connectivity index (χ1v) is 5.88.